The van der Waals surface area contributed by atoms with Gasteiger partial charge in [0, 0.05) is 0 Å². The van der Waals surface area contributed by atoms with Crippen LogP contribution in [0, 0.1) is 5.82 Å². The first-order valence-electron chi connectivity index (χ1n) is 5.23. The van der Waals surface area contributed by atoms with Crippen LogP contribution in [0.3, 0.4) is 0 Å². The molecule has 1 N–H and O–H groups in total. The number of rotatable bonds is 2. The van der Waals surface area contributed by atoms with Crippen LogP contribution in [0.4, 0.5) is 4.39 Å². The van der Waals surface area contributed by atoms with Crippen molar-refractivity contribution in [3.8, 4) is 11.5 Å². The van der Waals surface area contributed by atoms with E-state index in [-0.39, 0.29) is 11.5 Å². The number of hydrogen-bond acceptors (Lipinski definition) is 3. The molecular weight excluding hydrogens is 211 g/mol. The summed E-state index contributed by atoms with van der Waals surface area (Å²) in [4.78, 5) is 9.58. The topological polar surface area (TPSA) is 38.7 Å². The SMILES string of the molecule is CC.CC(C)(C)OOc1c(O)cccc1F. The maximum Gasteiger partial charge on any atom is 0.242 e. The Kier molecular flexibility index (Phi) is 5.82. The predicted octanol–water partition coefficient (Wildman–Crippen LogP) is 3.67. The number of phenols is 1. The van der Waals surface area contributed by atoms with Gasteiger partial charge in [-0.25, -0.2) is 4.39 Å². The lowest BCUT2D eigenvalue weighted by Gasteiger charge is -2.18. The fourth-order valence-electron chi connectivity index (χ4n) is 0.747. The minimum absolute atomic E-state index is 0.283. The molecule has 0 heterocycles. The molecule has 92 valence electrons. The Bertz CT molecular complexity index is 298. The molecule has 0 aliphatic heterocycles. The Hall–Kier alpha value is -1.29. The van der Waals surface area contributed by atoms with Crippen molar-refractivity contribution in [3.05, 3.63) is 24.0 Å². The Morgan fingerprint density at radius 1 is 1.19 bits per heavy atom. The number of benzene rings is 1. The van der Waals surface area contributed by atoms with E-state index in [0.717, 1.165) is 0 Å². The van der Waals surface area contributed by atoms with E-state index in [1.807, 2.05) is 13.8 Å². The Balaban J connectivity index is 0.00000106. The highest BCUT2D eigenvalue weighted by Crippen LogP contribution is 2.29. The van der Waals surface area contributed by atoms with E-state index in [0.29, 0.717) is 0 Å². The molecule has 0 aliphatic rings. The summed E-state index contributed by atoms with van der Waals surface area (Å²) in [6.45, 7) is 9.26. The van der Waals surface area contributed by atoms with Gasteiger partial charge >= 0.3 is 0 Å². The highest BCUT2D eigenvalue weighted by Gasteiger charge is 2.16. The fourth-order valence-corrected chi connectivity index (χ4v) is 0.747. The summed E-state index contributed by atoms with van der Waals surface area (Å²) in [6, 6.07) is 3.89. The molecule has 16 heavy (non-hydrogen) atoms. The maximum atomic E-state index is 13.1. The van der Waals surface area contributed by atoms with Crippen LogP contribution >= 0.6 is 0 Å². The molecule has 0 atom stereocenters. The van der Waals surface area contributed by atoms with Crippen LogP contribution in [0.2, 0.25) is 0 Å². The fraction of sp³-hybridized carbons (Fsp3) is 0.500. The van der Waals surface area contributed by atoms with Crippen molar-refractivity contribution >= 4 is 0 Å². The number of para-hydroxylation sites is 1. The summed E-state index contributed by atoms with van der Waals surface area (Å²) in [5.74, 6) is -1.23. The van der Waals surface area contributed by atoms with Gasteiger partial charge in [-0.05, 0) is 32.9 Å². The third-order valence-electron chi connectivity index (χ3n) is 1.32. The maximum absolute atomic E-state index is 13.1. The van der Waals surface area contributed by atoms with E-state index in [1.165, 1.54) is 18.2 Å². The minimum Gasteiger partial charge on any atom is -0.504 e. The lowest BCUT2D eigenvalue weighted by molar-refractivity contribution is -0.276. The number of hydrogen-bond donors (Lipinski definition) is 1. The van der Waals surface area contributed by atoms with Gasteiger partial charge in [-0.15, -0.1) is 0 Å². The van der Waals surface area contributed by atoms with Crippen molar-refractivity contribution < 1.29 is 19.3 Å². The summed E-state index contributed by atoms with van der Waals surface area (Å²) >= 11 is 0. The predicted molar refractivity (Wildman–Crippen MR) is 60.9 cm³/mol. The Morgan fingerprint density at radius 3 is 2.19 bits per heavy atom. The van der Waals surface area contributed by atoms with Gasteiger partial charge in [0.25, 0.3) is 0 Å². The average Bonchev–Trinajstić information content (AvgIpc) is 2.18. The van der Waals surface area contributed by atoms with Gasteiger partial charge in [0.15, 0.2) is 11.6 Å². The van der Waals surface area contributed by atoms with Gasteiger partial charge in [0.1, 0.15) is 5.60 Å². The molecule has 4 heteroatoms. The number of aromatic hydroxyl groups is 1. The molecule has 0 saturated heterocycles. The van der Waals surface area contributed by atoms with Gasteiger partial charge in [-0.1, -0.05) is 19.9 Å². The first-order valence-corrected chi connectivity index (χ1v) is 5.23. The number of halogens is 1. The van der Waals surface area contributed by atoms with Crippen LogP contribution in [0.1, 0.15) is 34.6 Å². The number of phenolic OH excluding ortho intramolecular Hbond substituents is 1. The summed E-state index contributed by atoms with van der Waals surface area (Å²) < 4.78 is 13.1. The summed E-state index contributed by atoms with van der Waals surface area (Å²) in [5, 5.41) is 9.24. The zero-order valence-electron chi connectivity index (χ0n) is 10.4. The zero-order valence-corrected chi connectivity index (χ0v) is 10.4. The highest BCUT2D eigenvalue weighted by molar-refractivity contribution is 5.38. The Labute approximate surface area is 95.7 Å². The van der Waals surface area contributed by atoms with Crippen LogP contribution in [-0.2, 0) is 4.89 Å². The highest BCUT2D eigenvalue weighted by atomic mass is 19.1. The quantitative estimate of drug-likeness (QED) is 0.622. The van der Waals surface area contributed by atoms with E-state index in [9.17, 15) is 9.50 Å². The monoisotopic (exact) mass is 230 g/mol. The van der Waals surface area contributed by atoms with E-state index < -0.39 is 11.4 Å². The molecule has 0 amide bonds. The standard InChI is InChI=1S/C10H13FO3.C2H6/c1-10(2,3)14-13-9-7(11)5-4-6-8(9)12;1-2/h4-6,12H,1-3H3;1-2H3. The second-order valence-electron chi connectivity index (χ2n) is 3.87. The zero-order chi connectivity index (χ0) is 12.8. The van der Waals surface area contributed by atoms with Crippen molar-refractivity contribution in [3.63, 3.8) is 0 Å². The van der Waals surface area contributed by atoms with E-state index in [1.54, 1.807) is 20.8 Å². The third kappa shape index (κ3) is 4.98. The average molecular weight is 230 g/mol. The Morgan fingerprint density at radius 2 is 1.75 bits per heavy atom. The van der Waals surface area contributed by atoms with Crippen LogP contribution in [0.5, 0.6) is 11.5 Å². The first-order chi connectivity index (χ1) is 7.40. The molecule has 1 aromatic carbocycles. The molecule has 0 bridgehead atoms. The van der Waals surface area contributed by atoms with Crippen LogP contribution in [0.25, 0.3) is 0 Å². The summed E-state index contributed by atoms with van der Waals surface area (Å²) in [6.07, 6.45) is 0. The van der Waals surface area contributed by atoms with Crippen molar-refractivity contribution in [1.29, 1.82) is 0 Å². The largest absolute Gasteiger partial charge is 0.504 e. The second-order valence-corrected chi connectivity index (χ2v) is 3.87. The van der Waals surface area contributed by atoms with Crippen molar-refractivity contribution in [2.75, 3.05) is 0 Å². The van der Waals surface area contributed by atoms with Crippen LogP contribution in [0.15, 0.2) is 18.2 Å². The molecule has 0 unspecified atom stereocenters. The lowest BCUT2D eigenvalue weighted by atomic mass is 10.2. The van der Waals surface area contributed by atoms with Crippen LogP contribution in [-0.4, -0.2) is 10.7 Å². The normalized spacial score (nSPS) is 10.4. The second kappa shape index (κ2) is 6.33. The summed E-state index contributed by atoms with van der Waals surface area (Å²) in [5.41, 5.74) is -0.561. The van der Waals surface area contributed by atoms with Gasteiger partial charge < -0.3 is 9.99 Å². The third-order valence-corrected chi connectivity index (χ3v) is 1.32. The first kappa shape index (κ1) is 14.7. The van der Waals surface area contributed by atoms with Crippen molar-refractivity contribution in [2.45, 2.75) is 40.2 Å². The molecule has 0 radical (unpaired) electrons. The smallest absolute Gasteiger partial charge is 0.242 e. The van der Waals surface area contributed by atoms with Gasteiger partial charge in [-0.3, -0.25) is 0 Å². The van der Waals surface area contributed by atoms with Crippen molar-refractivity contribution in [1.82, 2.24) is 0 Å². The molecular formula is C12H19FO3. The summed E-state index contributed by atoms with van der Waals surface area (Å²) in [7, 11) is 0. The van der Waals surface area contributed by atoms with Gasteiger partial charge in [0.2, 0.25) is 5.75 Å². The van der Waals surface area contributed by atoms with Gasteiger partial charge in [-0.2, -0.15) is 4.89 Å². The van der Waals surface area contributed by atoms with E-state index in [2.05, 4.69) is 0 Å². The molecule has 1 rings (SSSR count). The molecule has 0 aromatic heterocycles. The molecule has 3 nitrogen and oxygen atoms in total. The minimum atomic E-state index is -0.658. The van der Waals surface area contributed by atoms with E-state index >= 15 is 0 Å². The van der Waals surface area contributed by atoms with Crippen molar-refractivity contribution in [2.24, 2.45) is 0 Å². The molecule has 0 fully saturated rings. The molecule has 0 saturated carbocycles. The molecule has 0 aliphatic carbocycles. The molecule has 1 aromatic rings. The molecule has 0 spiro atoms. The lowest BCUT2D eigenvalue weighted by Crippen LogP contribution is -2.21. The van der Waals surface area contributed by atoms with E-state index in [4.69, 9.17) is 9.78 Å². The van der Waals surface area contributed by atoms with Crippen LogP contribution < -0.4 is 4.89 Å². The van der Waals surface area contributed by atoms with Gasteiger partial charge in [0.05, 0.1) is 0 Å².